The summed E-state index contributed by atoms with van der Waals surface area (Å²) >= 11 is 0. The average molecular weight is 224 g/mol. The lowest BCUT2D eigenvalue weighted by atomic mass is 10.1. The van der Waals surface area contributed by atoms with E-state index in [1.165, 1.54) is 7.11 Å². The summed E-state index contributed by atoms with van der Waals surface area (Å²) < 4.78 is 4.68. The molecule has 0 aliphatic heterocycles. The first-order valence-electron chi connectivity index (χ1n) is 5.47. The molecule has 0 saturated carbocycles. The van der Waals surface area contributed by atoms with Gasteiger partial charge in [0.15, 0.2) is 0 Å². The largest absolute Gasteiger partial charge is 0.466 e. The van der Waals surface area contributed by atoms with E-state index in [-0.39, 0.29) is 5.97 Å². The van der Waals surface area contributed by atoms with E-state index in [4.69, 9.17) is 0 Å². The SMILES string of the molecule is C=C(C)CC/C=C(\CCCC=O)C(=O)OC. The number of carbonyl (C=O) groups is 2. The Morgan fingerprint density at radius 1 is 1.31 bits per heavy atom. The van der Waals surface area contributed by atoms with Crippen LogP contribution in [0.25, 0.3) is 0 Å². The van der Waals surface area contributed by atoms with Crippen molar-refractivity contribution in [2.45, 2.75) is 39.0 Å². The Bertz CT molecular complexity index is 277. The molecule has 0 atom stereocenters. The molecule has 0 aliphatic rings. The van der Waals surface area contributed by atoms with E-state index in [1.807, 2.05) is 13.0 Å². The van der Waals surface area contributed by atoms with E-state index in [2.05, 4.69) is 11.3 Å². The molecule has 0 aromatic carbocycles. The van der Waals surface area contributed by atoms with Crippen molar-refractivity contribution in [2.75, 3.05) is 7.11 Å². The third-order valence-corrected chi connectivity index (χ3v) is 2.18. The van der Waals surface area contributed by atoms with E-state index in [0.29, 0.717) is 24.8 Å². The summed E-state index contributed by atoms with van der Waals surface area (Å²) in [5.41, 5.74) is 1.75. The van der Waals surface area contributed by atoms with E-state index in [1.54, 1.807) is 0 Å². The zero-order valence-electron chi connectivity index (χ0n) is 10.1. The Morgan fingerprint density at radius 2 is 2.00 bits per heavy atom. The minimum Gasteiger partial charge on any atom is -0.466 e. The minimum absolute atomic E-state index is 0.299. The van der Waals surface area contributed by atoms with Crippen molar-refractivity contribution in [1.82, 2.24) is 0 Å². The van der Waals surface area contributed by atoms with E-state index in [0.717, 1.165) is 24.7 Å². The quantitative estimate of drug-likeness (QED) is 0.209. The second-order valence-corrected chi connectivity index (χ2v) is 3.78. The summed E-state index contributed by atoms with van der Waals surface area (Å²) in [6, 6.07) is 0. The predicted octanol–water partition coefficient (Wildman–Crippen LogP) is 2.81. The fourth-order valence-corrected chi connectivity index (χ4v) is 1.29. The fourth-order valence-electron chi connectivity index (χ4n) is 1.29. The van der Waals surface area contributed by atoms with Crippen LogP contribution in [-0.4, -0.2) is 19.4 Å². The molecule has 3 heteroatoms. The summed E-state index contributed by atoms with van der Waals surface area (Å²) in [6.07, 6.45) is 6.18. The number of ether oxygens (including phenoxy) is 1. The zero-order valence-corrected chi connectivity index (χ0v) is 10.1. The Kier molecular flexibility index (Phi) is 8.12. The highest BCUT2D eigenvalue weighted by molar-refractivity contribution is 5.88. The summed E-state index contributed by atoms with van der Waals surface area (Å²) in [6.45, 7) is 5.76. The topological polar surface area (TPSA) is 43.4 Å². The summed E-state index contributed by atoms with van der Waals surface area (Å²) in [5.74, 6) is -0.299. The van der Waals surface area contributed by atoms with Crippen LogP contribution in [0.1, 0.15) is 39.0 Å². The first kappa shape index (κ1) is 14.6. The number of methoxy groups -OCH3 is 1. The minimum atomic E-state index is -0.299. The second-order valence-electron chi connectivity index (χ2n) is 3.78. The first-order chi connectivity index (χ1) is 7.61. The molecule has 0 saturated heterocycles. The number of esters is 1. The van der Waals surface area contributed by atoms with Crippen molar-refractivity contribution in [2.24, 2.45) is 0 Å². The molecule has 90 valence electrons. The van der Waals surface area contributed by atoms with Crippen LogP contribution in [-0.2, 0) is 14.3 Å². The Morgan fingerprint density at radius 3 is 2.50 bits per heavy atom. The lowest BCUT2D eigenvalue weighted by molar-refractivity contribution is -0.136. The molecule has 0 aliphatic carbocycles. The molecular formula is C13H20O3. The maximum atomic E-state index is 11.4. The number of allylic oxidation sites excluding steroid dienone is 2. The van der Waals surface area contributed by atoms with Gasteiger partial charge in [-0.15, -0.1) is 6.58 Å². The molecule has 0 bridgehead atoms. The van der Waals surface area contributed by atoms with Gasteiger partial charge in [0.2, 0.25) is 0 Å². The number of rotatable bonds is 8. The van der Waals surface area contributed by atoms with Crippen LogP contribution in [0.5, 0.6) is 0 Å². The van der Waals surface area contributed by atoms with E-state index >= 15 is 0 Å². The molecule has 0 aromatic rings. The number of carbonyl (C=O) groups excluding carboxylic acids is 2. The molecule has 0 spiro atoms. The number of unbranched alkanes of at least 4 members (excludes halogenated alkanes) is 1. The highest BCUT2D eigenvalue weighted by atomic mass is 16.5. The van der Waals surface area contributed by atoms with Gasteiger partial charge in [-0.3, -0.25) is 0 Å². The van der Waals surface area contributed by atoms with Gasteiger partial charge >= 0.3 is 5.97 Å². The monoisotopic (exact) mass is 224 g/mol. The summed E-state index contributed by atoms with van der Waals surface area (Å²) in [7, 11) is 1.37. The Balaban J connectivity index is 4.23. The van der Waals surface area contributed by atoms with Crippen molar-refractivity contribution in [3.05, 3.63) is 23.8 Å². The van der Waals surface area contributed by atoms with Crippen molar-refractivity contribution in [3.63, 3.8) is 0 Å². The highest BCUT2D eigenvalue weighted by Crippen LogP contribution is 2.12. The van der Waals surface area contributed by atoms with Gasteiger partial charge in [-0.25, -0.2) is 4.79 Å². The maximum Gasteiger partial charge on any atom is 0.333 e. The summed E-state index contributed by atoms with van der Waals surface area (Å²) in [5, 5.41) is 0. The Labute approximate surface area is 97.2 Å². The molecule has 0 radical (unpaired) electrons. The molecular weight excluding hydrogens is 204 g/mol. The van der Waals surface area contributed by atoms with Crippen molar-refractivity contribution < 1.29 is 14.3 Å². The normalized spacial score (nSPS) is 11.0. The van der Waals surface area contributed by atoms with Gasteiger partial charge in [-0.1, -0.05) is 11.6 Å². The van der Waals surface area contributed by atoms with Gasteiger partial charge in [0.05, 0.1) is 7.11 Å². The molecule has 0 heterocycles. The Hall–Kier alpha value is -1.38. The lowest BCUT2D eigenvalue weighted by Gasteiger charge is -2.04. The van der Waals surface area contributed by atoms with Gasteiger partial charge in [0.1, 0.15) is 6.29 Å². The smallest absolute Gasteiger partial charge is 0.333 e. The molecule has 0 aromatic heterocycles. The summed E-state index contributed by atoms with van der Waals surface area (Å²) in [4.78, 5) is 21.6. The molecule has 0 amide bonds. The van der Waals surface area contributed by atoms with Gasteiger partial charge in [-0.2, -0.15) is 0 Å². The van der Waals surface area contributed by atoms with Crippen LogP contribution in [0, 0.1) is 0 Å². The number of aldehydes is 1. The van der Waals surface area contributed by atoms with Crippen LogP contribution >= 0.6 is 0 Å². The van der Waals surface area contributed by atoms with E-state index in [9.17, 15) is 9.59 Å². The molecule has 0 unspecified atom stereocenters. The van der Waals surface area contributed by atoms with Crippen molar-refractivity contribution in [1.29, 1.82) is 0 Å². The molecule has 0 rings (SSSR count). The van der Waals surface area contributed by atoms with Gasteiger partial charge in [0.25, 0.3) is 0 Å². The predicted molar refractivity (Wildman–Crippen MR) is 64.1 cm³/mol. The first-order valence-corrected chi connectivity index (χ1v) is 5.47. The van der Waals surface area contributed by atoms with Crippen molar-refractivity contribution in [3.8, 4) is 0 Å². The molecule has 0 fully saturated rings. The van der Waals surface area contributed by atoms with Gasteiger partial charge in [-0.05, 0) is 32.6 Å². The van der Waals surface area contributed by atoms with E-state index < -0.39 is 0 Å². The van der Waals surface area contributed by atoms with Gasteiger partial charge in [0, 0.05) is 12.0 Å². The third-order valence-electron chi connectivity index (χ3n) is 2.18. The average Bonchev–Trinajstić information content (AvgIpc) is 2.26. The number of hydrogen-bond acceptors (Lipinski definition) is 3. The van der Waals surface area contributed by atoms with Crippen LogP contribution in [0.4, 0.5) is 0 Å². The molecule has 16 heavy (non-hydrogen) atoms. The maximum absolute atomic E-state index is 11.4. The highest BCUT2D eigenvalue weighted by Gasteiger charge is 2.08. The zero-order chi connectivity index (χ0) is 12.4. The van der Waals surface area contributed by atoms with Crippen LogP contribution in [0.2, 0.25) is 0 Å². The second kappa shape index (κ2) is 8.89. The fraction of sp³-hybridized carbons (Fsp3) is 0.538. The molecule has 3 nitrogen and oxygen atoms in total. The van der Waals surface area contributed by atoms with Crippen LogP contribution in [0.3, 0.4) is 0 Å². The van der Waals surface area contributed by atoms with Crippen molar-refractivity contribution >= 4 is 12.3 Å². The molecule has 0 N–H and O–H groups in total. The lowest BCUT2D eigenvalue weighted by Crippen LogP contribution is -2.05. The van der Waals surface area contributed by atoms with Gasteiger partial charge < -0.3 is 9.53 Å². The third kappa shape index (κ3) is 6.98. The standard InChI is InChI=1S/C13H20O3/c1-11(2)7-6-9-12(13(15)16-3)8-4-5-10-14/h9-10H,1,4-8H2,2-3H3/b12-9+. The number of hydrogen-bond donors (Lipinski definition) is 0. The van der Waals surface area contributed by atoms with Crippen LogP contribution in [0.15, 0.2) is 23.8 Å². The van der Waals surface area contributed by atoms with Crippen LogP contribution < -0.4 is 0 Å².